The molecule has 0 spiro atoms. The SMILES string of the molecule is C#CCOC(=O)c1ccc(OCc2cccc3ccccc23)c(Br)c1. The van der Waals surface area contributed by atoms with Crippen LogP contribution in [0.5, 0.6) is 5.75 Å². The predicted molar refractivity (Wildman–Crippen MR) is 102 cm³/mol. The monoisotopic (exact) mass is 394 g/mol. The summed E-state index contributed by atoms with van der Waals surface area (Å²) < 4.78 is 11.5. The van der Waals surface area contributed by atoms with Gasteiger partial charge in [0.2, 0.25) is 0 Å². The van der Waals surface area contributed by atoms with Crippen molar-refractivity contribution in [1.82, 2.24) is 0 Å². The molecule has 0 heterocycles. The Morgan fingerprint density at radius 3 is 2.68 bits per heavy atom. The lowest BCUT2D eigenvalue weighted by atomic mass is 10.1. The number of carbonyl (C=O) groups is 1. The van der Waals surface area contributed by atoms with Gasteiger partial charge in [-0.1, -0.05) is 48.4 Å². The highest BCUT2D eigenvalue weighted by molar-refractivity contribution is 9.10. The Kier molecular flexibility index (Phi) is 5.37. The number of benzene rings is 3. The zero-order valence-corrected chi connectivity index (χ0v) is 15.0. The first-order chi connectivity index (χ1) is 12.2. The van der Waals surface area contributed by atoms with Crippen LogP contribution in [0.1, 0.15) is 15.9 Å². The van der Waals surface area contributed by atoms with Crippen molar-refractivity contribution in [2.45, 2.75) is 6.61 Å². The molecule has 124 valence electrons. The Labute approximate surface area is 154 Å². The van der Waals surface area contributed by atoms with Crippen molar-refractivity contribution in [3.63, 3.8) is 0 Å². The molecule has 0 aliphatic heterocycles. The highest BCUT2D eigenvalue weighted by atomic mass is 79.9. The molecular weight excluding hydrogens is 380 g/mol. The van der Waals surface area contributed by atoms with Crippen molar-refractivity contribution < 1.29 is 14.3 Å². The molecule has 0 aliphatic carbocycles. The van der Waals surface area contributed by atoms with E-state index < -0.39 is 5.97 Å². The Bertz CT molecular complexity index is 952. The zero-order valence-electron chi connectivity index (χ0n) is 13.4. The third-order valence-electron chi connectivity index (χ3n) is 3.72. The van der Waals surface area contributed by atoms with Gasteiger partial charge in [-0.05, 0) is 50.5 Å². The van der Waals surface area contributed by atoms with E-state index in [4.69, 9.17) is 15.9 Å². The minimum atomic E-state index is -0.459. The molecule has 0 saturated carbocycles. The summed E-state index contributed by atoms with van der Waals surface area (Å²) in [4.78, 5) is 11.8. The van der Waals surface area contributed by atoms with Crippen molar-refractivity contribution in [1.29, 1.82) is 0 Å². The first-order valence-corrected chi connectivity index (χ1v) is 8.48. The molecule has 0 aromatic heterocycles. The number of esters is 1. The van der Waals surface area contributed by atoms with Crippen LogP contribution in [0.4, 0.5) is 0 Å². The van der Waals surface area contributed by atoms with Gasteiger partial charge < -0.3 is 9.47 Å². The maximum absolute atomic E-state index is 11.8. The summed E-state index contributed by atoms with van der Waals surface area (Å²) >= 11 is 3.43. The van der Waals surface area contributed by atoms with Crippen molar-refractivity contribution in [2.24, 2.45) is 0 Å². The van der Waals surface area contributed by atoms with E-state index >= 15 is 0 Å². The van der Waals surface area contributed by atoms with E-state index in [0.29, 0.717) is 22.4 Å². The molecule has 0 bridgehead atoms. The lowest BCUT2D eigenvalue weighted by molar-refractivity contribution is 0.0556. The average Bonchev–Trinajstić information content (AvgIpc) is 2.65. The smallest absolute Gasteiger partial charge is 0.339 e. The fraction of sp³-hybridized carbons (Fsp3) is 0.0952. The van der Waals surface area contributed by atoms with Gasteiger partial charge >= 0.3 is 5.97 Å². The number of hydrogen-bond donors (Lipinski definition) is 0. The van der Waals surface area contributed by atoms with Crippen LogP contribution in [-0.4, -0.2) is 12.6 Å². The molecule has 0 N–H and O–H groups in total. The third-order valence-corrected chi connectivity index (χ3v) is 4.34. The normalized spacial score (nSPS) is 10.2. The van der Waals surface area contributed by atoms with E-state index in [9.17, 15) is 4.79 Å². The van der Waals surface area contributed by atoms with Crippen LogP contribution in [0.3, 0.4) is 0 Å². The summed E-state index contributed by atoms with van der Waals surface area (Å²) in [5, 5.41) is 2.34. The Morgan fingerprint density at radius 2 is 1.88 bits per heavy atom. The van der Waals surface area contributed by atoms with Crippen LogP contribution in [0, 0.1) is 12.3 Å². The van der Waals surface area contributed by atoms with Gasteiger partial charge in [-0.25, -0.2) is 4.79 Å². The summed E-state index contributed by atoms with van der Waals surface area (Å²) in [7, 11) is 0. The topological polar surface area (TPSA) is 35.5 Å². The van der Waals surface area contributed by atoms with E-state index in [2.05, 4.69) is 40.0 Å². The molecule has 3 nitrogen and oxygen atoms in total. The summed E-state index contributed by atoms with van der Waals surface area (Å²) in [5.74, 6) is 2.46. The highest BCUT2D eigenvalue weighted by Gasteiger charge is 2.11. The number of carbonyl (C=O) groups excluding carboxylic acids is 1. The van der Waals surface area contributed by atoms with Crippen LogP contribution >= 0.6 is 15.9 Å². The molecule has 25 heavy (non-hydrogen) atoms. The van der Waals surface area contributed by atoms with E-state index in [1.807, 2.05) is 24.3 Å². The minimum absolute atomic E-state index is 0.0458. The van der Waals surface area contributed by atoms with Gasteiger partial charge in [-0.3, -0.25) is 0 Å². The van der Waals surface area contributed by atoms with Gasteiger partial charge in [-0.15, -0.1) is 6.42 Å². The maximum Gasteiger partial charge on any atom is 0.339 e. The maximum atomic E-state index is 11.8. The quantitative estimate of drug-likeness (QED) is 0.452. The second kappa shape index (κ2) is 7.87. The summed E-state index contributed by atoms with van der Waals surface area (Å²) in [5.41, 5.74) is 1.52. The van der Waals surface area contributed by atoms with Gasteiger partial charge in [0.1, 0.15) is 12.4 Å². The molecular formula is C21H15BrO3. The Balaban J connectivity index is 1.75. The largest absolute Gasteiger partial charge is 0.488 e. The zero-order chi connectivity index (χ0) is 17.6. The predicted octanol–water partition coefficient (Wildman–Crippen LogP) is 4.97. The van der Waals surface area contributed by atoms with Gasteiger partial charge in [0.05, 0.1) is 10.0 Å². The van der Waals surface area contributed by atoms with Crippen molar-refractivity contribution >= 4 is 32.7 Å². The Morgan fingerprint density at radius 1 is 1.08 bits per heavy atom. The van der Waals surface area contributed by atoms with Gasteiger partial charge in [0.15, 0.2) is 6.61 Å². The molecule has 0 fully saturated rings. The molecule has 0 amide bonds. The second-order valence-electron chi connectivity index (χ2n) is 5.35. The number of terminal acetylenes is 1. The number of ether oxygens (including phenoxy) is 2. The standard InChI is InChI=1S/C21H15BrO3/c1-2-12-24-21(23)16-10-11-20(19(22)13-16)25-14-17-8-5-7-15-6-3-4-9-18(15)17/h1,3-11,13H,12,14H2. The van der Waals surface area contributed by atoms with Gasteiger partial charge in [0.25, 0.3) is 0 Å². The first kappa shape index (κ1) is 17.1. The van der Waals surface area contributed by atoms with Crippen molar-refractivity contribution in [2.75, 3.05) is 6.61 Å². The molecule has 0 unspecified atom stereocenters. The summed E-state index contributed by atoms with van der Waals surface area (Å²) in [6, 6.07) is 19.4. The number of halogens is 1. The van der Waals surface area contributed by atoms with E-state index in [0.717, 1.165) is 10.9 Å². The second-order valence-corrected chi connectivity index (χ2v) is 6.21. The van der Waals surface area contributed by atoms with E-state index in [-0.39, 0.29) is 6.61 Å². The highest BCUT2D eigenvalue weighted by Crippen LogP contribution is 2.28. The summed E-state index contributed by atoms with van der Waals surface area (Å²) in [6.45, 7) is 0.386. The van der Waals surface area contributed by atoms with Crippen molar-refractivity contribution in [3.05, 3.63) is 76.3 Å². The molecule has 3 aromatic carbocycles. The minimum Gasteiger partial charge on any atom is -0.488 e. The fourth-order valence-electron chi connectivity index (χ4n) is 2.51. The number of fused-ring (bicyclic) bond motifs is 1. The average molecular weight is 395 g/mol. The number of hydrogen-bond acceptors (Lipinski definition) is 3. The molecule has 0 atom stereocenters. The lowest BCUT2D eigenvalue weighted by Gasteiger charge is -2.11. The Hall–Kier alpha value is -2.77. The molecule has 4 heteroatoms. The van der Waals surface area contributed by atoms with E-state index in [1.165, 1.54) is 5.39 Å². The van der Waals surface area contributed by atoms with Crippen LogP contribution in [0.15, 0.2) is 65.1 Å². The lowest BCUT2D eigenvalue weighted by Crippen LogP contribution is -2.05. The third kappa shape index (κ3) is 4.01. The summed E-state index contributed by atoms with van der Waals surface area (Å²) in [6.07, 6.45) is 5.09. The molecule has 3 aromatic rings. The molecule has 3 rings (SSSR count). The number of rotatable bonds is 5. The first-order valence-electron chi connectivity index (χ1n) is 7.68. The van der Waals surface area contributed by atoms with Crippen molar-refractivity contribution in [3.8, 4) is 18.1 Å². The van der Waals surface area contributed by atoms with Crippen LogP contribution < -0.4 is 4.74 Å². The fourth-order valence-corrected chi connectivity index (χ4v) is 3.00. The van der Waals surface area contributed by atoms with Crippen LogP contribution in [0.2, 0.25) is 0 Å². The van der Waals surface area contributed by atoms with Crippen LogP contribution in [-0.2, 0) is 11.3 Å². The van der Waals surface area contributed by atoms with Gasteiger partial charge in [-0.2, -0.15) is 0 Å². The molecule has 0 saturated heterocycles. The van der Waals surface area contributed by atoms with E-state index in [1.54, 1.807) is 18.2 Å². The molecule has 0 radical (unpaired) electrons. The van der Waals surface area contributed by atoms with Crippen LogP contribution in [0.25, 0.3) is 10.8 Å². The van der Waals surface area contributed by atoms with Gasteiger partial charge in [0, 0.05) is 0 Å². The molecule has 0 aliphatic rings.